The molecule has 8 fully saturated rings. The lowest BCUT2D eigenvalue weighted by atomic mass is 9.61. The molecule has 356 valence electrons. The van der Waals surface area contributed by atoms with Gasteiger partial charge in [-0.15, -0.1) is 11.8 Å². The van der Waals surface area contributed by atoms with Crippen LogP contribution in [0.25, 0.3) is 0 Å². The van der Waals surface area contributed by atoms with Gasteiger partial charge in [0.2, 0.25) is 51.4 Å². The molecule has 8 aliphatic rings. The molecular formula is C44H67N7O11S2. The van der Waals surface area contributed by atoms with Crippen molar-refractivity contribution in [1.82, 2.24) is 35.4 Å². The van der Waals surface area contributed by atoms with E-state index in [0.29, 0.717) is 70.2 Å². The second kappa shape index (κ2) is 20.4. The molecular weight excluding hydrogens is 867 g/mol. The van der Waals surface area contributed by atoms with Crippen molar-refractivity contribution in [1.29, 1.82) is 0 Å². The van der Waals surface area contributed by atoms with Crippen molar-refractivity contribution in [3.63, 3.8) is 0 Å². The normalized spacial score (nSPS) is 32.0. The molecule has 0 aromatic carbocycles. The van der Waals surface area contributed by atoms with E-state index in [1.54, 1.807) is 11.8 Å². The van der Waals surface area contributed by atoms with E-state index in [1.165, 1.54) is 36.4 Å². The molecule has 5 heterocycles. The summed E-state index contributed by atoms with van der Waals surface area (Å²) in [5, 5.41) is 11.8. The number of sulfonamides is 1. The summed E-state index contributed by atoms with van der Waals surface area (Å²) in [5.41, 5.74) is -0.121. The van der Waals surface area contributed by atoms with E-state index < -0.39 is 45.8 Å². The van der Waals surface area contributed by atoms with Gasteiger partial charge in [0.15, 0.2) is 0 Å². The van der Waals surface area contributed by atoms with Gasteiger partial charge in [-0.25, -0.2) is 12.7 Å². The van der Waals surface area contributed by atoms with Crippen LogP contribution in [0.3, 0.4) is 0 Å². The summed E-state index contributed by atoms with van der Waals surface area (Å²) >= 11 is 1.67. The lowest BCUT2D eigenvalue weighted by Gasteiger charge is -2.53. The summed E-state index contributed by atoms with van der Waals surface area (Å²) in [6, 6.07) is -1.44. The predicted octanol–water partition coefficient (Wildman–Crippen LogP) is 1.37. The zero-order chi connectivity index (χ0) is 45.2. The number of thioether (sulfide) groups is 1. The highest BCUT2D eigenvalue weighted by atomic mass is 32.2. The Morgan fingerprint density at radius 1 is 0.906 bits per heavy atom. The standard InChI is InChI=1S/C44H67N7O11S2/c1-64(59,60)50-17-13-28(25-50)38(54)45-33(39(55)48-43-46-34(26-63-43)27-6-3-2-4-7-27)14-21-61-20-5-8-37(53)49-18-15-44(16-19-49)23-30(24-44)62-29-9-10-31-32(22-29)42(58)51(41(31)57)35-11-12-36(52)47-40(35)56/h27-35,43,46H,2-26H2,1H3,(H,45,54)(H,48,55)(H,47,52,56)/t28?,29?,31?,32?,33-,34?,35?,43?/m0/s1. The Morgan fingerprint density at radius 3 is 2.38 bits per heavy atom. The van der Waals surface area contributed by atoms with Crippen molar-refractivity contribution in [2.75, 3.05) is 51.4 Å². The zero-order valence-corrected chi connectivity index (χ0v) is 38.7. The number of ether oxygens (including phenoxy) is 2. The zero-order valence-electron chi connectivity index (χ0n) is 37.1. The molecule has 3 aliphatic carbocycles. The van der Waals surface area contributed by atoms with Gasteiger partial charge in [0.1, 0.15) is 17.6 Å². The van der Waals surface area contributed by atoms with E-state index in [4.69, 9.17) is 9.47 Å². The van der Waals surface area contributed by atoms with Gasteiger partial charge in [-0.2, -0.15) is 0 Å². The molecule has 3 saturated carbocycles. The van der Waals surface area contributed by atoms with E-state index in [2.05, 4.69) is 21.3 Å². The van der Waals surface area contributed by atoms with E-state index in [9.17, 15) is 42.0 Å². The number of fused-ring (bicyclic) bond motifs is 1. The Bertz CT molecular complexity index is 1900. The first-order chi connectivity index (χ1) is 30.7. The van der Waals surface area contributed by atoms with Crippen LogP contribution >= 0.6 is 11.8 Å². The number of piperidine rings is 2. The van der Waals surface area contributed by atoms with E-state index in [0.717, 1.165) is 42.6 Å². The molecule has 0 aromatic rings. The Labute approximate surface area is 380 Å². The van der Waals surface area contributed by atoms with Crippen LogP contribution < -0.4 is 21.3 Å². The first kappa shape index (κ1) is 47.3. The van der Waals surface area contributed by atoms with Crippen LogP contribution in [0.2, 0.25) is 0 Å². The van der Waals surface area contributed by atoms with Gasteiger partial charge in [0.25, 0.3) is 0 Å². The number of carbonyl (C=O) groups excluding carboxylic acids is 7. The molecule has 0 aromatic heterocycles. The van der Waals surface area contributed by atoms with E-state index in [1.807, 2.05) is 4.90 Å². The summed E-state index contributed by atoms with van der Waals surface area (Å²) in [4.78, 5) is 93.8. The number of amides is 7. The van der Waals surface area contributed by atoms with Crippen molar-refractivity contribution in [3.8, 4) is 0 Å². The van der Waals surface area contributed by atoms with Crippen molar-refractivity contribution < 1.29 is 51.5 Å². The minimum Gasteiger partial charge on any atom is -0.381 e. The summed E-state index contributed by atoms with van der Waals surface area (Å²) in [5.74, 6) is -2.14. The van der Waals surface area contributed by atoms with Crippen molar-refractivity contribution in [2.45, 2.75) is 151 Å². The molecule has 5 saturated heterocycles. The van der Waals surface area contributed by atoms with Crippen molar-refractivity contribution in [2.24, 2.45) is 29.1 Å². The molecule has 0 bridgehead atoms. The number of nitrogens with one attached hydrogen (secondary N) is 4. The SMILES string of the molecule is CS(=O)(=O)N1CCC(C(=O)N[C@@H](CCOCCCC(=O)N2CCC3(CC2)CC(OC2CCC4C(=O)N(C5CCC(=O)NC5=O)C(=O)C4C2)C3)C(=O)NC2NC(C3CCCCC3)CS2)C1. The fourth-order valence-corrected chi connectivity index (χ4v) is 13.8. The third-order valence-corrected chi connectivity index (χ3v) is 17.9. The number of likely N-dealkylation sites (tertiary alicyclic amines) is 2. The molecule has 4 N–H and O–H groups in total. The maximum atomic E-state index is 13.6. The minimum absolute atomic E-state index is 0.0724. The Morgan fingerprint density at radius 2 is 1.66 bits per heavy atom. The topological polar surface area (TPSA) is 230 Å². The van der Waals surface area contributed by atoms with E-state index >= 15 is 0 Å². The largest absolute Gasteiger partial charge is 0.381 e. The molecule has 8 rings (SSSR count). The fourth-order valence-electron chi connectivity index (χ4n) is 11.6. The average Bonchev–Trinajstić information content (AvgIpc) is 4.01. The lowest BCUT2D eigenvalue weighted by Crippen LogP contribution is -2.54. The maximum Gasteiger partial charge on any atom is 0.249 e. The second-order valence-electron chi connectivity index (χ2n) is 19.8. The quantitative estimate of drug-likeness (QED) is 0.127. The summed E-state index contributed by atoms with van der Waals surface area (Å²) < 4.78 is 37.8. The minimum atomic E-state index is -3.42. The highest BCUT2D eigenvalue weighted by Crippen LogP contribution is 2.52. The predicted molar refractivity (Wildman–Crippen MR) is 234 cm³/mol. The highest BCUT2D eigenvalue weighted by molar-refractivity contribution is 8.00. The van der Waals surface area contributed by atoms with Crippen LogP contribution in [0.5, 0.6) is 0 Å². The summed E-state index contributed by atoms with van der Waals surface area (Å²) in [6.07, 6.45) is 14.2. The molecule has 20 heteroatoms. The van der Waals surface area contributed by atoms with Crippen LogP contribution in [-0.2, 0) is 53.1 Å². The fraction of sp³-hybridized carbons (Fsp3) is 0.841. The Kier molecular flexibility index (Phi) is 15.1. The van der Waals surface area contributed by atoms with Gasteiger partial charge in [-0.05, 0) is 94.8 Å². The van der Waals surface area contributed by atoms with Crippen LogP contribution in [0.15, 0.2) is 0 Å². The smallest absolute Gasteiger partial charge is 0.249 e. The first-order valence-corrected chi connectivity index (χ1v) is 26.7. The van der Waals surface area contributed by atoms with Gasteiger partial charge in [-0.1, -0.05) is 19.3 Å². The first-order valence-electron chi connectivity index (χ1n) is 23.8. The number of carbonyl (C=O) groups is 7. The maximum absolute atomic E-state index is 13.6. The number of imide groups is 2. The molecule has 0 radical (unpaired) electrons. The number of hydrogen-bond donors (Lipinski definition) is 4. The summed E-state index contributed by atoms with van der Waals surface area (Å²) in [6.45, 7) is 2.26. The summed E-state index contributed by atoms with van der Waals surface area (Å²) in [7, 11) is -3.42. The van der Waals surface area contributed by atoms with Crippen LogP contribution in [0.4, 0.5) is 0 Å². The van der Waals surface area contributed by atoms with Crippen LogP contribution in [0, 0.1) is 29.1 Å². The molecule has 8 atom stereocenters. The van der Waals surface area contributed by atoms with Crippen molar-refractivity contribution >= 4 is 63.1 Å². The third kappa shape index (κ3) is 11.0. The molecule has 7 amide bonds. The molecule has 5 aliphatic heterocycles. The van der Waals surface area contributed by atoms with E-state index in [-0.39, 0.29) is 97.5 Å². The van der Waals surface area contributed by atoms with Crippen LogP contribution in [-0.4, -0.2) is 151 Å². The number of hydrogen-bond acceptors (Lipinski definition) is 13. The van der Waals surface area contributed by atoms with Gasteiger partial charge in [0.05, 0.1) is 36.2 Å². The van der Waals surface area contributed by atoms with Gasteiger partial charge in [-0.3, -0.25) is 49.1 Å². The molecule has 18 nitrogen and oxygen atoms in total. The average molecular weight is 934 g/mol. The van der Waals surface area contributed by atoms with Crippen LogP contribution in [0.1, 0.15) is 116 Å². The number of rotatable bonds is 16. The van der Waals surface area contributed by atoms with Crippen molar-refractivity contribution in [3.05, 3.63) is 0 Å². The molecule has 64 heavy (non-hydrogen) atoms. The van der Waals surface area contributed by atoms with Gasteiger partial charge < -0.3 is 25.0 Å². The monoisotopic (exact) mass is 933 g/mol. The third-order valence-electron chi connectivity index (χ3n) is 15.5. The second-order valence-corrected chi connectivity index (χ2v) is 22.9. The Hall–Kier alpha value is -3.17. The number of nitrogens with zero attached hydrogens (tertiary/aromatic N) is 3. The molecule has 7 unspecified atom stereocenters. The van der Waals surface area contributed by atoms with Gasteiger partial charge >= 0.3 is 0 Å². The molecule has 1 spiro atoms. The highest BCUT2D eigenvalue weighted by Gasteiger charge is 2.55. The Balaban J connectivity index is 0.725. The lowest BCUT2D eigenvalue weighted by molar-refractivity contribution is -0.155. The van der Waals surface area contributed by atoms with Gasteiger partial charge in [0, 0.05) is 64.0 Å².